The van der Waals surface area contributed by atoms with E-state index in [4.69, 9.17) is 10.7 Å². The van der Waals surface area contributed by atoms with Crippen molar-refractivity contribution in [3.05, 3.63) is 40.9 Å². The van der Waals surface area contributed by atoms with E-state index in [1.54, 1.807) is 0 Å². The first-order chi connectivity index (χ1) is 10.1. The quantitative estimate of drug-likeness (QED) is 0.767. The Labute approximate surface area is 128 Å². The summed E-state index contributed by atoms with van der Waals surface area (Å²) in [6, 6.07) is 8.52. The van der Waals surface area contributed by atoms with Crippen molar-refractivity contribution >= 4 is 27.4 Å². The number of benzene rings is 1. The first-order valence-electron chi connectivity index (χ1n) is 7.24. The first kappa shape index (κ1) is 14.0. The van der Waals surface area contributed by atoms with Gasteiger partial charge in [0.15, 0.2) is 5.13 Å². The molecule has 0 amide bonds. The molecule has 0 aliphatic rings. The van der Waals surface area contributed by atoms with Crippen LogP contribution in [-0.2, 0) is 6.42 Å². The molecular weight excluding hydrogens is 278 g/mol. The number of thiazole rings is 1. The lowest BCUT2D eigenvalue weighted by atomic mass is 9.98. The summed E-state index contributed by atoms with van der Waals surface area (Å²) in [5.74, 6) is 0.383. The minimum absolute atomic E-state index is 0.383. The van der Waals surface area contributed by atoms with Crippen LogP contribution in [0.5, 0.6) is 0 Å². The van der Waals surface area contributed by atoms with Gasteiger partial charge in [0.1, 0.15) is 0 Å². The summed E-state index contributed by atoms with van der Waals surface area (Å²) < 4.78 is 0. The van der Waals surface area contributed by atoms with E-state index >= 15 is 0 Å². The van der Waals surface area contributed by atoms with Crippen LogP contribution in [0.2, 0.25) is 0 Å². The fraction of sp³-hybridized carbons (Fsp3) is 0.294. The molecule has 21 heavy (non-hydrogen) atoms. The first-order valence-corrected chi connectivity index (χ1v) is 8.12. The van der Waals surface area contributed by atoms with Crippen LogP contribution in [0.4, 0.5) is 5.13 Å². The third kappa shape index (κ3) is 2.51. The van der Waals surface area contributed by atoms with Gasteiger partial charge in [0.25, 0.3) is 0 Å². The highest BCUT2D eigenvalue weighted by molar-refractivity contribution is 7.13. The molecule has 2 N–H and O–H groups in total. The van der Waals surface area contributed by atoms with E-state index in [0.717, 1.165) is 34.3 Å². The zero-order chi connectivity index (χ0) is 15.0. The van der Waals surface area contributed by atoms with Crippen molar-refractivity contribution in [2.75, 3.05) is 5.73 Å². The van der Waals surface area contributed by atoms with Gasteiger partial charge in [-0.05, 0) is 24.0 Å². The average molecular weight is 297 g/mol. The number of para-hydroxylation sites is 1. The Hall–Kier alpha value is -1.94. The lowest BCUT2D eigenvalue weighted by Crippen LogP contribution is -1.98. The number of aryl methyl sites for hydroxylation is 1. The van der Waals surface area contributed by atoms with Crippen molar-refractivity contribution in [3.63, 3.8) is 0 Å². The Morgan fingerprint density at radius 2 is 2.05 bits per heavy atom. The molecule has 108 valence electrons. The number of hydrogen-bond acceptors (Lipinski definition) is 4. The molecular formula is C17H19N3S. The van der Waals surface area contributed by atoms with Crippen molar-refractivity contribution in [2.45, 2.75) is 33.1 Å². The number of aromatic nitrogens is 2. The smallest absolute Gasteiger partial charge is 0.180 e. The molecule has 0 saturated heterocycles. The molecule has 0 bridgehead atoms. The van der Waals surface area contributed by atoms with E-state index in [1.807, 2.05) is 5.38 Å². The van der Waals surface area contributed by atoms with Gasteiger partial charge in [0.05, 0.1) is 11.2 Å². The maximum absolute atomic E-state index is 5.81. The highest BCUT2D eigenvalue weighted by Gasteiger charge is 2.14. The maximum Gasteiger partial charge on any atom is 0.180 e. The number of pyridine rings is 1. The molecule has 0 radical (unpaired) electrons. The van der Waals surface area contributed by atoms with E-state index in [0.29, 0.717) is 11.0 Å². The van der Waals surface area contributed by atoms with Crippen molar-refractivity contribution in [2.24, 2.45) is 0 Å². The number of hydrogen-bond donors (Lipinski definition) is 1. The number of rotatable bonds is 3. The lowest BCUT2D eigenvalue weighted by molar-refractivity contribution is 0.829. The van der Waals surface area contributed by atoms with E-state index in [1.165, 1.54) is 16.9 Å². The molecule has 3 nitrogen and oxygen atoms in total. The Bertz CT molecular complexity index is 790. The molecule has 0 aliphatic carbocycles. The molecule has 1 aromatic carbocycles. The van der Waals surface area contributed by atoms with Gasteiger partial charge in [-0.3, -0.25) is 4.98 Å². The normalized spacial score (nSPS) is 11.4. The van der Waals surface area contributed by atoms with Crippen LogP contribution in [0.1, 0.15) is 37.9 Å². The van der Waals surface area contributed by atoms with Gasteiger partial charge in [-0.2, -0.15) is 0 Å². The molecule has 3 rings (SSSR count). The minimum atomic E-state index is 0.383. The topological polar surface area (TPSA) is 51.8 Å². The van der Waals surface area contributed by atoms with Crippen LogP contribution in [0.25, 0.3) is 22.2 Å². The summed E-state index contributed by atoms with van der Waals surface area (Å²) in [6.07, 6.45) is 0.977. The second-order valence-electron chi connectivity index (χ2n) is 5.49. The lowest BCUT2D eigenvalue weighted by Gasteiger charge is -2.12. The van der Waals surface area contributed by atoms with Crippen LogP contribution in [0.15, 0.2) is 29.6 Å². The minimum Gasteiger partial charge on any atom is -0.375 e. The summed E-state index contributed by atoms with van der Waals surface area (Å²) in [5.41, 5.74) is 11.4. The molecule has 0 saturated carbocycles. The molecule has 4 heteroatoms. The van der Waals surface area contributed by atoms with Crippen molar-refractivity contribution in [3.8, 4) is 11.3 Å². The monoisotopic (exact) mass is 297 g/mol. The zero-order valence-corrected chi connectivity index (χ0v) is 13.4. The van der Waals surface area contributed by atoms with Crippen LogP contribution in [0, 0.1) is 0 Å². The summed E-state index contributed by atoms with van der Waals surface area (Å²) in [7, 11) is 0. The highest BCUT2D eigenvalue weighted by atomic mass is 32.1. The summed E-state index contributed by atoms with van der Waals surface area (Å²) in [6.45, 7) is 6.50. The molecule has 0 atom stereocenters. The van der Waals surface area contributed by atoms with Crippen LogP contribution in [0.3, 0.4) is 0 Å². The van der Waals surface area contributed by atoms with Gasteiger partial charge in [-0.15, -0.1) is 11.3 Å². The Morgan fingerprint density at radius 1 is 1.24 bits per heavy atom. The fourth-order valence-corrected chi connectivity index (χ4v) is 3.10. The molecule has 2 aromatic heterocycles. The molecule has 0 unspecified atom stereocenters. The number of fused-ring (bicyclic) bond motifs is 1. The van der Waals surface area contributed by atoms with Gasteiger partial charge >= 0.3 is 0 Å². The number of nitrogens with two attached hydrogens (primary N) is 1. The van der Waals surface area contributed by atoms with Gasteiger partial charge in [-0.1, -0.05) is 39.0 Å². The fourth-order valence-electron chi connectivity index (χ4n) is 2.53. The molecule has 0 aliphatic heterocycles. The van der Waals surface area contributed by atoms with Crippen molar-refractivity contribution in [1.82, 2.24) is 9.97 Å². The summed E-state index contributed by atoms with van der Waals surface area (Å²) in [5, 5.41) is 3.78. The summed E-state index contributed by atoms with van der Waals surface area (Å²) >= 11 is 1.48. The Kier molecular flexibility index (Phi) is 3.64. The molecule has 2 heterocycles. The number of nitrogens with zero attached hydrogens (tertiary/aromatic N) is 2. The number of anilines is 1. The predicted molar refractivity (Wildman–Crippen MR) is 90.7 cm³/mol. The van der Waals surface area contributed by atoms with Crippen LogP contribution < -0.4 is 5.73 Å². The second kappa shape index (κ2) is 5.45. The third-order valence-electron chi connectivity index (χ3n) is 3.71. The Morgan fingerprint density at radius 3 is 2.67 bits per heavy atom. The van der Waals surface area contributed by atoms with E-state index < -0.39 is 0 Å². The Balaban J connectivity index is 2.36. The van der Waals surface area contributed by atoms with Crippen molar-refractivity contribution < 1.29 is 0 Å². The predicted octanol–water partition coefficient (Wildman–Crippen LogP) is 4.63. The van der Waals surface area contributed by atoms with Gasteiger partial charge in [0, 0.05) is 22.0 Å². The molecule has 0 spiro atoms. The second-order valence-corrected chi connectivity index (χ2v) is 6.38. The maximum atomic E-state index is 5.81. The van der Waals surface area contributed by atoms with Crippen LogP contribution in [-0.4, -0.2) is 9.97 Å². The standard InChI is InChI=1S/C17H19N3S/c1-4-11-6-5-7-12-13(15-9-21-17(18)20-15)8-14(10(2)3)19-16(11)12/h5-10H,4H2,1-3H3,(H2,18,20). The number of nitrogen functional groups attached to an aromatic ring is 1. The van der Waals surface area contributed by atoms with Crippen LogP contribution >= 0.6 is 11.3 Å². The zero-order valence-electron chi connectivity index (χ0n) is 12.6. The summed E-state index contributed by atoms with van der Waals surface area (Å²) in [4.78, 5) is 9.34. The largest absolute Gasteiger partial charge is 0.375 e. The van der Waals surface area contributed by atoms with Crippen molar-refractivity contribution in [1.29, 1.82) is 0 Å². The third-order valence-corrected chi connectivity index (χ3v) is 4.39. The van der Waals surface area contributed by atoms with E-state index in [9.17, 15) is 0 Å². The highest BCUT2D eigenvalue weighted by Crippen LogP contribution is 2.33. The van der Waals surface area contributed by atoms with Gasteiger partial charge in [0.2, 0.25) is 0 Å². The van der Waals surface area contributed by atoms with E-state index in [2.05, 4.69) is 50.0 Å². The molecule has 3 aromatic rings. The van der Waals surface area contributed by atoms with Gasteiger partial charge in [-0.25, -0.2) is 4.98 Å². The SMILES string of the molecule is CCc1cccc2c(-c3csc(N)n3)cc(C(C)C)nc12. The molecule has 0 fully saturated rings. The van der Waals surface area contributed by atoms with E-state index in [-0.39, 0.29) is 0 Å². The van der Waals surface area contributed by atoms with Gasteiger partial charge < -0.3 is 5.73 Å². The average Bonchev–Trinajstić information content (AvgIpc) is 2.91.